The summed E-state index contributed by atoms with van der Waals surface area (Å²) in [6.07, 6.45) is 3.81. The number of piperidine rings is 1. The summed E-state index contributed by atoms with van der Waals surface area (Å²) < 4.78 is 26.6. The number of nitrogens with zero attached hydrogens (tertiary/aromatic N) is 2. The molecule has 0 aliphatic carbocycles. The summed E-state index contributed by atoms with van der Waals surface area (Å²) >= 11 is 0. The van der Waals surface area contributed by atoms with Gasteiger partial charge in [-0.15, -0.1) is 0 Å². The van der Waals surface area contributed by atoms with Gasteiger partial charge in [0.25, 0.3) is 10.2 Å². The lowest BCUT2D eigenvalue weighted by atomic mass is 10.1. The maximum absolute atomic E-state index is 11.9. The molecule has 1 fully saturated rings. The molecule has 6 heteroatoms. The first-order valence-corrected chi connectivity index (χ1v) is 7.58. The zero-order chi connectivity index (χ0) is 12.9. The Kier molecular flexibility index (Phi) is 5.85. The third kappa shape index (κ3) is 4.21. The number of nitrogens with one attached hydrogen (secondary N) is 1. The van der Waals surface area contributed by atoms with E-state index < -0.39 is 10.2 Å². The number of hydrogen-bond acceptors (Lipinski definition) is 3. The highest BCUT2D eigenvalue weighted by Crippen LogP contribution is 2.15. The molecule has 0 bridgehead atoms. The van der Waals surface area contributed by atoms with Crippen molar-refractivity contribution in [2.45, 2.75) is 31.7 Å². The van der Waals surface area contributed by atoms with Gasteiger partial charge in [0, 0.05) is 33.2 Å². The molecule has 1 rings (SSSR count). The van der Waals surface area contributed by atoms with E-state index in [0.29, 0.717) is 19.1 Å². The molecule has 17 heavy (non-hydrogen) atoms. The van der Waals surface area contributed by atoms with Gasteiger partial charge in [-0.1, -0.05) is 6.42 Å². The molecular formula is C11H24N3O2S-. The van der Waals surface area contributed by atoms with Crippen LogP contribution in [0, 0.1) is 6.92 Å². The Morgan fingerprint density at radius 1 is 1.35 bits per heavy atom. The zero-order valence-corrected chi connectivity index (χ0v) is 11.7. The minimum Gasteiger partial charge on any atom is -0.343 e. The Bertz CT molecular complexity index is 309. The van der Waals surface area contributed by atoms with Crippen molar-refractivity contribution in [3.63, 3.8) is 0 Å². The van der Waals surface area contributed by atoms with E-state index in [1.54, 1.807) is 18.4 Å². The van der Waals surface area contributed by atoms with Crippen molar-refractivity contribution in [3.05, 3.63) is 6.92 Å². The molecule has 102 valence electrons. The van der Waals surface area contributed by atoms with Crippen LogP contribution in [0.4, 0.5) is 0 Å². The van der Waals surface area contributed by atoms with Crippen molar-refractivity contribution in [3.8, 4) is 0 Å². The van der Waals surface area contributed by atoms with E-state index in [-0.39, 0.29) is 0 Å². The Labute approximate surface area is 105 Å². The first-order valence-electron chi connectivity index (χ1n) is 6.18. The molecule has 0 unspecified atom stereocenters. The minimum absolute atomic E-state index is 0.454. The van der Waals surface area contributed by atoms with Crippen molar-refractivity contribution in [1.29, 1.82) is 0 Å². The highest BCUT2D eigenvalue weighted by atomic mass is 32.2. The van der Waals surface area contributed by atoms with Gasteiger partial charge >= 0.3 is 0 Å². The van der Waals surface area contributed by atoms with Crippen LogP contribution in [0.5, 0.6) is 0 Å². The summed E-state index contributed by atoms with van der Waals surface area (Å²) in [6, 6.07) is 0.454. The van der Waals surface area contributed by atoms with Gasteiger partial charge < -0.3 is 12.2 Å². The van der Waals surface area contributed by atoms with Crippen molar-refractivity contribution in [2.24, 2.45) is 0 Å². The fraction of sp³-hybridized carbons (Fsp3) is 0.909. The minimum atomic E-state index is -3.22. The Morgan fingerprint density at radius 3 is 2.41 bits per heavy atom. The quantitative estimate of drug-likeness (QED) is 0.559. The predicted octanol–water partition coefficient (Wildman–Crippen LogP) is 0.461. The maximum Gasteiger partial charge on any atom is 0.281 e. The van der Waals surface area contributed by atoms with Gasteiger partial charge in [-0.05, 0) is 19.4 Å². The van der Waals surface area contributed by atoms with Gasteiger partial charge in [0.1, 0.15) is 0 Å². The summed E-state index contributed by atoms with van der Waals surface area (Å²) in [6.45, 7) is 6.01. The van der Waals surface area contributed by atoms with Gasteiger partial charge in [-0.25, -0.2) is 0 Å². The Morgan fingerprint density at radius 2 is 1.94 bits per heavy atom. The average molecular weight is 262 g/mol. The second-order valence-corrected chi connectivity index (χ2v) is 6.77. The average Bonchev–Trinajstić information content (AvgIpc) is 2.30. The molecule has 0 aromatic rings. The molecule has 1 aliphatic rings. The molecule has 0 aromatic carbocycles. The lowest BCUT2D eigenvalue weighted by Crippen LogP contribution is -2.48. The molecule has 1 saturated heterocycles. The summed E-state index contributed by atoms with van der Waals surface area (Å²) in [5.74, 6) is 0. The summed E-state index contributed by atoms with van der Waals surface area (Å²) in [5.41, 5.74) is 0. The molecule has 0 radical (unpaired) electrons. The van der Waals surface area contributed by atoms with E-state index >= 15 is 0 Å². The van der Waals surface area contributed by atoms with E-state index in [1.165, 1.54) is 4.31 Å². The largest absolute Gasteiger partial charge is 0.343 e. The predicted molar refractivity (Wildman–Crippen MR) is 69.8 cm³/mol. The van der Waals surface area contributed by atoms with Crippen molar-refractivity contribution < 1.29 is 8.42 Å². The van der Waals surface area contributed by atoms with Crippen molar-refractivity contribution >= 4 is 10.2 Å². The van der Waals surface area contributed by atoms with Crippen LogP contribution >= 0.6 is 0 Å². The van der Waals surface area contributed by atoms with Crippen molar-refractivity contribution in [2.75, 3.05) is 33.7 Å². The normalized spacial score (nSPS) is 20.0. The van der Waals surface area contributed by atoms with Crippen LogP contribution in [0.25, 0.3) is 0 Å². The second kappa shape index (κ2) is 6.68. The topological polar surface area (TPSA) is 52.7 Å². The molecule has 1 heterocycles. The van der Waals surface area contributed by atoms with E-state index in [9.17, 15) is 8.42 Å². The molecule has 0 amide bonds. The number of rotatable bonds is 6. The highest BCUT2D eigenvalue weighted by Gasteiger charge is 2.28. The van der Waals surface area contributed by atoms with Gasteiger partial charge in [0.15, 0.2) is 0 Å². The van der Waals surface area contributed by atoms with Crippen LogP contribution in [0.15, 0.2) is 0 Å². The smallest absolute Gasteiger partial charge is 0.281 e. The van der Waals surface area contributed by atoms with Crippen LogP contribution < -0.4 is 5.32 Å². The highest BCUT2D eigenvalue weighted by molar-refractivity contribution is 7.86. The number of unbranched alkanes of at least 4 members (excludes halogenated alkanes) is 1. The molecule has 0 saturated carbocycles. The lowest BCUT2D eigenvalue weighted by Gasteiger charge is -2.33. The number of hydrogen-bond donors (Lipinski definition) is 1. The Balaban J connectivity index is 2.36. The van der Waals surface area contributed by atoms with Gasteiger partial charge in [0.05, 0.1) is 0 Å². The zero-order valence-electron chi connectivity index (χ0n) is 10.9. The maximum atomic E-state index is 11.9. The first kappa shape index (κ1) is 14.9. The standard InChI is InChI=1S/C11H24N3O2S/c1-4-5-8-12-11-6-9-14(10-7-11)17(15,16)13(2)3/h11-12H,1,4-10H2,2-3H3/q-1. The molecule has 0 atom stereocenters. The fourth-order valence-corrected chi connectivity index (χ4v) is 3.09. The van der Waals surface area contributed by atoms with Gasteiger partial charge in [0.2, 0.25) is 0 Å². The van der Waals surface area contributed by atoms with Crippen LogP contribution in [0.2, 0.25) is 0 Å². The third-order valence-corrected chi connectivity index (χ3v) is 5.04. The van der Waals surface area contributed by atoms with Crippen LogP contribution in [-0.2, 0) is 10.2 Å². The van der Waals surface area contributed by atoms with Gasteiger partial charge in [-0.2, -0.15) is 23.4 Å². The lowest BCUT2D eigenvalue weighted by molar-refractivity contribution is 0.277. The van der Waals surface area contributed by atoms with Crippen LogP contribution in [0.1, 0.15) is 25.7 Å². The van der Waals surface area contributed by atoms with E-state index in [4.69, 9.17) is 0 Å². The van der Waals surface area contributed by atoms with Crippen molar-refractivity contribution in [1.82, 2.24) is 13.9 Å². The van der Waals surface area contributed by atoms with E-state index in [0.717, 1.165) is 32.2 Å². The molecular weight excluding hydrogens is 238 g/mol. The van der Waals surface area contributed by atoms with Gasteiger partial charge in [-0.3, -0.25) is 0 Å². The third-order valence-electron chi connectivity index (χ3n) is 3.10. The first-order chi connectivity index (χ1) is 7.98. The molecule has 1 N–H and O–H groups in total. The second-order valence-electron chi connectivity index (χ2n) is 4.62. The molecule has 0 aromatic heterocycles. The fourth-order valence-electron chi connectivity index (χ4n) is 1.95. The van der Waals surface area contributed by atoms with Crippen LogP contribution in [0.3, 0.4) is 0 Å². The molecule has 0 spiro atoms. The summed E-state index contributed by atoms with van der Waals surface area (Å²) in [4.78, 5) is 0. The SMILES string of the molecule is [CH2-]CCCNC1CCN(S(=O)(=O)N(C)C)CC1. The van der Waals surface area contributed by atoms with E-state index in [1.807, 2.05) is 0 Å². The van der Waals surface area contributed by atoms with Crippen LogP contribution in [-0.4, -0.2) is 56.8 Å². The Hall–Kier alpha value is -0.170. The van der Waals surface area contributed by atoms with E-state index in [2.05, 4.69) is 12.2 Å². The molecule has 1 aliphatic heterocycles. The summed E-state index contributed by atoms with van der Waals surface area (Å²) in [5, 5.41) is 3.45. The molecule has 5 nitrogen and oxygen atoms in total. The monoisotopic (exact) mass is 262 g/mol. The summed E-state index contributed by atoms with van der Waals surface area (Å²) in [7, 11) is -0.0651.